The van der Waals surface area contributed by atoms with Crippen LogP contribution in [0, 0.1) is 23.7 Å². The molecule has 4 atom stereocenters. The summed E-state index contributed by atoms with van der Waals surface area (Å²) in [6.45, 7) is 15.9. The summed E-state index contributed by atoms with van der Waals surface area (Å²) < 4.78 is 0. The molecular formula is C36H50N8O2. The summed E-state index contributed by atoms with van der Waals surface area (Å²) >= 11 is 0. The van der Waals surface area contributed by atoms with Gasteiger partial charge in [-0.15, -0.1) is 0 Å². The number of rotatable bonds is 13. The Morgan fingerprint density at radius 2 is 0.848 bits per heavy atom. The van der Waals surface area contributed by atoms with Crippen molar-refractivity contribution in [3.8, 4) is 33.6 Å². The molecule has 2 amide bonds. The number of nitrogens with two attached hydrogens (primary N) is 2. The highest BCUT2D eigenvalue weighted by Gasteiger charge is 2.27. The predicted octanol–water partition coefficient (Wildman–Crippen LogP) is 5.73. The Balaban J connectivity index is 1.45. The fourth-order valence-corrected chi connectivity index (χ4v) is 5.17. The molecule has 0 aliphatic carbocycles. The molecule has 2 aromatic carbocycles. The number of aromatic amines is 2. The number of hydrogen-bond acceptors (Lipinski definition) is 6. The monoisotopic (exact) mass is 626 g/mol. The van der Waals surface area contributed by atoms with Gasteiger partial charge in [0.25, 0.3) is 0 Å². The number of benzene rings is 2. The van der Waals surface area contributed by atoms with Crippen LogP contribution in [-0.4, -0.2) is 43.8 Å². The van der Waals surface area contributed by atoms with Crippen LogP contribution in [0.5, 0.6) is 0 Å². The number of nitrogens with zero attached hydrogens (tertiary/aromatic N) is 2. The number of imidazole rings is 2. The Morgan fingerprint density at radius 3 is 1.13 bits per heavy atom. The minimum atomic E-state index is -0.569. The van der Waals surface area contributed by atoms with E-state index in [4.69, 9.17) is 11.5 Å². The Morgan fingerprint density at radius 1 is 0.543 bits per heavy atom. The van der Waals surface area contributed by atoms with E-state index in [1.54, 1.807) is 12.4 Å². The molecule has 0 spiro atoms. The van der Waals surface area contributed by atoms with Gasteiger partial charge in [0, 0.05) is 0 Å². The normalized spacial score (nSPS) is 14.5. The largest absolute Gasteiger partial charge is 0.345 e. The number of aromatic nitrogens is 4. The predicted molar refractivity (Wildman–Crippen MR) is 184 cm³/mol. The molecule has 10 heteroatoms. The second-order valence-corrected chi connectivity index (χ2v) is 13.5. The SMILES string of the molecule is CC(C)C(N)C(=O)N[C@H](c1ncc(-c2ccc(-c3ccc(-c4cnc([C@@H](NC(=O)C(N)C(C)C)C(C)C)[nH]4)cc3)cc2)[nH]1)C(C)C. The third-order valence-corrected chi connectivity index (χ3v) is 8.48. The fraction of sp³-hybridized carbons (Fsp3) is 0.444. The van der Waals surface area contributed by atoms with Crippen molar-refractivity contribution in [3.05, 3.63) is 72.6 Å². The maximum Gasteiger partial charge on any atom is 0.237 e. The van der Waals surface area contributed by atoms with E-state index in [0.717, 1.165) is 33.6 Å². The summed E-state index contributed by atoms with van der Waals surface area (Å²) in [5.74, 6) is 1.42. The molecule has 46 heavy (non-hydrogen) atoms. The molecule has 10 nitrogen and oxygen atoms in total. The molecule has 2 aromatic heterocycles. The van der Waals surface area contributed by atoms with Gasteiger partial charge in [-0.1, -0.05) is 104 Å². The summed E-state index contributed by atoms with van der Waals surface area (Å²) in [7, 11) is 0. The Labute approximate surface area is 272 Å². The van der Waals surface area contributed by atoms with Gasteiger partial charge in [0.15, 0.2) is 0 Å². The van der Waals surface area contributed by atoms with Gasteiger partial charge in [0.1, 0.15) is 11.6 Å². The third kappa shape index (κ3) is 8.10. The van der Waals surface area contributed by atoms with E-state index in [-0.39, 0.29) is 47.6 Å². The topological polar surface area (TPSA) is 168 Å². The van der Waals surface area contributed by atoms with Crippen molar-refractivity contribution >= 4 is 11.8 Å². The van der Waals surface area contributed by atoms with Gasteiger partial charge >= 0.3 is 0 Å². The van der Waals surface area contributed by atoms with E-state index < -0.39 is 12.1 Å². The highest BCUT2D eigenvalue weighted by Crippen LogP contribution is 2.29. The van der Waals surface area contributed by atoms with Gasteiger partial charge in [-0.2, -0.15) is 0 Å². The Kier molecular flexibility index (Phi) is 11.2. The van der Waals surface area contributed by atoms with Crippen LogP contribution >= 0.6 is 0 Å². The van der Waals surface area contributed by atoms with Gasteiger partial charge in [-0.05, 0) is 45.9 Å². The maximum atomic E-state index is 12.6. The molecule has 0 bridgehead atoms. The maximum absolute atomic E-state index is 12.6. The average molecular weight is 627 g/mol. The average Bonchev–Trinajstić information content (AvgIpc) is 3.72. The fourth-order valence-electron chi connectivity index (χ4n) is 5.17. The number of hydrogen-bond donors (Lipinski definition) is 6. The molecule has 0 saturated heterocycles. The van der Waals surface area contributed by atoms with Crippen LogP contribution in [0.2, 0.25) is 0 Å². The molecule has 4 aromatic rings. The van der Waals surface area contributed by atoms with E-state index in [2.05, 4.69) is 79.1 Å². The molecule has 0 saturated carbocycles. The third-order valence-electron chi connectivity index (χ3n) is 8.48. The number of carbonyl (C=O) groups is 2. The van der Waals surface area contributed by atoms with E-state index in [1.165, 1.54) is 0 Å². The van der Waals surface area contributed by atoms with Gasteiger partial charge in [0.2, 0.25) is 11.8 Å². The lowest BCUT2D eigenvalue weighted by Gasteiger charge is -2.23. The Hall–Kier alpha value is -4.28. The smallest absolute Gasteiger partial charge is 0.237 e. The first-order valence-electron chi connectivity index (χ1n) is 16.2. The lowest BCUT2D eigenvalue weighted by Crippen LogP contribution is -2.46. The molecule has 2 unspecified atom stereocenters. The van der Waals surface area contributed by atoms with Crippen LogP contribution in [0.25, 0.3) is 33.6 Å². The highest BCUT2D eigenvalue weighted by molar-refractivity contribution is 5.82. The first-order valence-corrected chi connectivity index (χ1v) is 16.2. The molecule has 246 valence electrons. The van der Waals surface area contributed by atoms with E-state index in [9.17, 15) is 9.59 Å². The van der Waals surface area contributed by atoms with Crippen LogP contribution in [0.1, 0.15) is 79.1 Å². The summed E-state index contributed by atoms with van der Waals surface area (Å²) in [5, 5.41) is 6.13. The van der Waals surface area contributed by atoms with Crippen molar-refractivity contribution in [1.82, 2.24) is 30.6 Å². The number of carbonyl (C=O) groups excluding carboxylic acids is 2. The number of nitrogens with one attached hydrogen (secondary N) is 4. The first-order chi connectivity index (χ1) is 21.8. The van der Waals surface area contributed by atoms with Crippen molar-refractivity contribution in [2.24, 2.45) is 35.1 Å². The van der Waals surface area contributed by atoms with E-state index in [0.29, 0.717) is 11.6 Å². The quantitative estimate of drug-likeness (QED) is 0.111. The van der Waals surface area contributed by atoms with Crippen LogP contribution in [0.3, 0.4) is 0 Å². The van der Waals surface area contributed by atoms with Crippen molar-refractivity contribution < 1.29 is 9.59 Å². The van der Waals surface area contributed by atoms with Crippen LogP contribution in [0.4, 0.5) is 0 Å². The van der Waals surface area contributed by atoms with Crippen molar-refractivity contribution in [3.63, 3.8) is 0 Å². The summed E-state index contributed by atoms with van der Waals surface area (Å²) in [6, 6.07) is 14.9. The van der Waals surface area contributed by atoms with E-state index in [1.807, 2.05) is 55.4 Å². The van der Waals surface area contributed by atoms with E-state index >= 15 is 0 Å². The molecule has 0 aliphatic rings. The molecule has 0 aliphatic heterocycles. The molecule has 4 rings (SSSR count). The molecule has 0 fully saturated rings. The van der Waals surface area contributed by atoms with Crippen LogP contribution < -0.4 is 22.1 Å². The lowest BCUT2D eigenvalue weighted by atomic mass is 10.0. The number of amides is 2. The lowest BCUT2D eigenvalue weighted by molar-refractivity contribution is -0.125. The molecular weight excluding hydrogens is 576 g/mol. The molecule has 8 N–H and O–H groups in total. The standard InChI is InChI=1S/C36H50N8O2/c1-19(2)29(37)35(45)43-31(21(5)6)33-39-17-27(41-33)25-13-9-23(10-14-25)24-11-15-26(16-12-24)28-18-40-34(42-28)32(22(7)8)44-36(46)30(38)20(3)4/h9-22,29-32H,37-38H2,1-8H3,(H,39,41)(H,40,42)(H,43,45)(H,44,46)/t29?,30?,31-,32-/m0/s1. The Bertz CT molecular complexity index is 1460. The highest BCUT2D eigenvalue weighted by atomic mass is 16.2. The second kappa shape index (κ2) is 14.9. The molecule has 2 heterocycles. The minimum Gasteiger partial charge on any atom is -0.345 e. The van der Waals surface area contributed by atoms with Crippen molar-refractivity contribution in [2.45, 2.75) is 79.6 Å². The van der Waals surface area contributed by atoms with Crippen molar-refractivity contribution in [2.75, 3.05) is 0 Å². The first kappa shape index (κ1) is 34.6. The van der Waals surface area contributed by atoms with Gasteiger partial charge in [-0.3, -0.25) is 9.59 Å². The number of H-pyrrole nitrogens is 2. The van der Waals surface area contributed by atoms with Crippen molar-refractivity contribution in [1.29, 1.82) is 0 Å². The summed E-state index contributed by atoms with van der Waals surface area (Å²) in [5.41, 5.74) is 18.1. The zero-order valence-electron chi connectivity index (χ0n) is 28.3. The zero-order chi connectivity index (χ0) is 33.7. The van der Waals surface area contributed by atoms with Crippen LogP contribution in [0.15, 0.2) is 60.9 Å². The summed E-state index contributed by atoms with van der Waals surface area (Å²) in [4.78, 5) is 41.3. The molecule has 0 radical (unpaired) electrons. The zero-order valence-corrected chi connectivity index (χ0v) is 28.3. The minimum absolute atomic E-state index is 0.0470. The second-order valence-electron chi connectivity index (χ2n) is 13.5. The van der Waals surface area contributed by atoms with Crippen LogP contribution in [-0.2, 0) is 9.59 Å². The summed E-state index contributed by atoms with van der Waals surface area (Å²) in [6.07, 6.45) is 3.60. The van der Waals surface area contributed by atoms with Gasteiger partial charge in [0.05, 0.1) is 47.9 Å². The van der Waals surface area contributed by atoms with Gasteiger partial charge in [-0.25, -0.2) is 9.97 Å². The van der Waals surface area contributed by atoms with Gasteiger partial charge < -0.3 is 32.1 Å².